The smallest absolute Gasteiger partial charge is 0.259 e. The van der Waals surface area contributed by atoms with Gasteiger partial charge in [0.2, 0.25) is 18.1 Å². The minimum absolute atomic E-state index is 0.421. The van der Waals surface area contributed by atoms with Crippen LogP contribution in [0.1, 0.15) is 13.8 Å². The van der Waals surface area contributed by atoms with Gasteiger partial charge in [0.05, 0.1) is 19.3 Å². The van der Waals surface area contributed by atoms with E-state index in [-0.39, 0.29) is 0 Å². The van der Waals surface area contributed by atoms with Crippen LogP contribution in [0.3, 0.4) is 0 Å². The molecular formula is C9H11N4O2. The highest BCUT2D eigenvalue weighted by Crippen LogP contribution is 2.17. The molecule has 0 aliphatic carbocycles. The van der Waals surface area contributed by atoms with E-state index in [0.717, 1.165) is 0 Å². The highest BCUT2D eigenvalue weighted by atomic mass is 16.5. The van der Waals surface area contributed by atoms with E-state index in [1.54, 1.807) is 6.07 Å². The Hall–Kier alpha value is -1.85. The number of nitrogens with zero attached hydrogens (tertiary/aromatic N) is 4. The zero-order chi connectivity index (χ0) is 10.7. The van der Waals surface area contributed by atoms with Crippen LogP contribution in [0.15, 0.2) is 6.07 Å². The maximum atomic E-state index is 5.38. The van der Waals surface area contributed by atoms with Gasteiger partial charge in [-0.2, -0.15) is 14.5 Å². The molecule has 1 radical (unpaired) electrons. The van der Waals surface area contributed by atoms with Crippen LogP contribution in [0.4, 0.5) is 0 Å². The third-order valence-electron chi connectivity index (χ3n) is 1.73. The van der Waals surface area contributed by atoms with Crippen LogP contribution >= 0.6 is 0 Å². The molecule has 0 saturated carbocycles. The largest absolute Gasteiger partial charge is 0.478 e. The van der Waals surface area contributed by atoms with Gasteiger partial charge in [-0.3, -0.25) is 0 Å². The van der Waals surface area contributed by atoms with Crippen molar-refractivity contribution in [3.05, 3.63) is 12.4 Å². The fourth-order valence-corrected chi connectivity index (χ4v) is 1.19. The van der Waals surface area contributed by atoms with Gasteiger partial charge >= 0.3 is 0 Å². The Morgan fingerprint density at radius 1 is 1.33 bits per heavy atom. The first kappa shape index (κ1) is 9.70. The first-order chi connectivity index (χ1) is 7.35. The summed E-state index contributed by atoms with van der Waals surface area (Å²) in [5.74, 6) is 1.46. The second-order valence-corrected chi connectivity index (χ2v) is 2.72. The first-order valence-corrected chi connectivity index (χ1v) is 4.74. The van der Waals surface area contributed by atoms with E-state index in [1.165, 1.54) is 4.52 Å². The molecule has 15 heavy (non-hydrogen) atoms. The van der Waals surface area contributed by atoms with Crippen LogP contribution in [-0.4, -0.2) is 32.8 Å². The van der Waals surface area contributed by atoms with Gasteiger partial charge in [-0.1, -0.05) is 0 Å². The fraction of sp³-hybridized carbons (Fsp3) is 0.444. The number of hydrogen-bond acceptors (Lipinski definition) is 5. The van der Waals surface area contributed by atoms with Crippen molar-refractivity contribution >= 4 is 5.78 Å². The van der Waals surface area contributed by atoms with Crippen LogP contribution in [0.2, 0.25) is 0 Å². The lowest BCUT2D eigenvalue weighted by atomic mass is 10.6. The predicted octanol–water partition coefficient (Wildman–Crippen LogP) is 0.722. The van der Waals surface area contributed by atoms with Gasteiger partial charge in [-0.15, -0.1) is 5.10 Å². The standard InChI is InChI=1S/C9H11N4O2/c1-3-14-7-5-8(15-4-2)13-9(12-7)10-6-11-13/h5H,3-4H2,1-2H3. The van der Waals surface area contributed by atoms with Gasteiger partial charge in [0.25, 0.3) is 5.78 Å². The lowest BCUT2D eigenvalue weighted by Gasteiger charge is -2.07. The van der Waals surface area contributed by atoms with Crippen LogP contribution in [0.5, 0.6) is 11.8 Å². The van der Waals surface area contributed by atoms with Crippen LogP contribution in [-0.2, 0) is 0 Å². The van der Waals surface area contributed by atoms with Crippen molar-refractivity contribution in [3.8, 4) is 11.8 Å². The van der Waals surface area contributed by atoms with Crippen molar-refractivity contribution in [2.75, 3.05) is 13.2 Å². The molecule has 0 spiro atoms. The van der Waals surface area contributed by atoms with E-state index in [1.807, 2.05) is 13.8 Å². The molecule has 0 fully saturated rings. The van der Waals surface area contributed by atoms with Crippen LogP contribution in [0, 0.1) is 6.33 Å². The molecule has 79 valence electrons. The predicted molar refractivity (Wildman–Crippen MR) is 52.0 cm³/mol. The number of hydrogen-bond donors (Lipinski definition) is 0. The number of fused-ring (bicyclic) bond motifs is 1. The molecule has 0 aliphatic heterocycles. The Kier molecular flexibility index (Phi) is 2.66. The number of rotatable bonds is 4. The highest BCUT2D eigenvalue weighted by Gasteiger charge is 2.08. The molecule has 0 unspecified atom stereocenters. The zero-order valence-electron chi connectivity index (χ0n) is 8.60. The number of ether oxygens (including phenoxy) is 2. The van der Waals surface area contributed by atoms with Gasteiger partial charge in [0.15, 0.2) is 0 Å². The van der Waals surface area contributed by atoms with E-state index in [4.69, 9.17) is 9.47 Å². The molecule has 6 heteroatoms. The summed E-state index contributed by atoms with van der Waals surface area (Å²) >= 11 is 0. The fourth-order valence-electron chi connectivity index (χ4n) is 1.19. The third kappa shape index (κ3) is 1.83. The Morgan fingerprint density at radius 2 is 2.13 bits per heavy atom. The van der Waals surface area contributed by atoms with E-state index >= 15 is 0 Å². The molecule has 2 aromatic heterocycles. The van der Waals surface area contributed by atoms with Crippen molar-refractivity contribution in [2.45, 2.75) is 13.8 Å². The lowest BCUT2D eigenvalue weighted by Crippen LogP contribution is -2.03. The normalized spacial score (nSPS) is 10.5. The summed E-state index contributed by atoms with van der Waals surface area (Å²) < 4.78 is 12.1. The zero-order valence-corrected chi connectivity index (χ0v) is 8.60. The summed E-state index contributed by atoms with van der Waals surface area (Å²) in [5, 5.41) is 3.88. The minimum atomic E-state index is 0.421. The summed E-state index contributed by atoms with van der Waals surface area (Å²) in [6, 6.07) is 1.68. The van der Waals surface area contributed by atoms with E-state index in [9.17, 15) is 0 Å². The number of aromatic nitrogens is 4. The van der Waals surface area contributed by atoms with Crippen LogP contribution < -0.4 is 9.47 Å². The Bertz CT molecular complexity index is 454. The SMILES string of the molecule is CCOc1cc(OCC)n2n[c]nc2n1. The monoisotopic (exact) mass is 207 g/mol. The first-order valence-electron chi connectivity index (χ1n) is 4.74. The Balaban J connectivity index is 2.48. The molecule has 0 atom stereocenters. The van der Waals surface area contributed by atoms with Crippen LogP contribution in [0.25, 0.3) is 5.78 Å². The van der Waals surface area contributed by atoms with Gasteiger partial charge in [0.1, 0.15) is 0 Å². The van der Waals surface area contributed by atoms with E-state index in [0.29, 0.717) is 30.8 Å². The molecular weight excluding hydrogens is 196 g/mol. The van der Waals surface area contributed by atoms with Gasteiger partial charge in [0, 0.05) is 0 Å². The average molecular weight is 207 g/mol. The van der Waals surface area contributed by atoms with E-state index in [2.05, 4.69) is 21.4 Å². The maximum absolute atomic E-state index is 5.38. The van der Waals surface area contributed by atoms with Gasteiger partial charge < -0.3 is 9.47 Å². The third-order valence-corrected chi connectivity index (χ3v) is 1.73. The summed E-state index contributed by atoms with van der Waals surface area (Å²) in [6.07, 6.45) is 2.47. The molecule has 2 aromatic rings. The molecule has 0 saturated heterocycles. The molecule has 6 nitrogen and oxygen atoms in total. The van der Waals surface area contributed by atoms with Gasteiger partial charge in [-0.25, -0.2) is 0 Å². The van der Waals surface area contributed by atoms with Gasteiger partial charge in [-0.05, 0) is 13.8 Å². The quantitative estimate of drug-likeness (QED) is 0.739. The van der Waals surface area contributed by atoms with Crippen molar-refractivity contribution in [3.63, 3.8) is 0 Å². The molecule has 2 rings (SSSR count). The van der Waals surface area contributed by atoms with Crippen molar-refractivity contribution < 1.29 is 9.47 Å². The lowest BCUT2D eigenvalue weighted by molar-refractivity contribution is 0.300. The van der Waals surface area contributed by atoms with Crippen molar-refractivity contribution in [1.29, 1.82) is 0 Å². The Morgan fingerprint density at radius 3 is 2.87 bits per heavy atom. The molecule has 2 heterocycles. The average Bonchev–Trinajstić information content (AvgIpc) is 2.67. The summed E-state index contributed by atoms with van der Waals surface area (Å²) in [6.45, 7) is 4.88. The molecule has 0 aromatic carbocycles. The summed E-state index contributed by atoms with van der Waals surface area (Å²) in [5.41, 5.74) is 0. The second kappa shape index (κ2) is 4.12. The minimum Gasteiger partial charge on any atom is -0.478 e. The second-order valence-electron chi connectivity index (χ2n) is 2.72. The molecule has 0 N–H and O–H groups in total. The van der Waals surface area contributed by atoms with E-state index < -0.39 is 0 Å². The van der Waals surface area contributed by atoms with Crippen molar-refractivity contribution in [1.82, 2.24) is 19.6 Å². The highest BCUT2D eigenvalue weighted by molar-refractivity contribution is 5.35. The van der Waals surface area contributed by atoms with Crippen molar-refractivity contribution in [2.24, 2.45) is 0 Å². The Labute approximate surface area is 86.9 Å². The molecule has 0 amide bonds. The topological polar surface area (TPSA) is 61.5 Å². The maximum Gasteiger partial charge on any atom is 0.259 e. The summed E-state index contributed by atoms with van der Waals surface area (Å²) in [7, 11) is 0. The molecule has 0 aliphatic rings. The summed E-state index contributed by atoms with van der Waals surface area (Å²) in [4.78, 5) is 7.98. The molecule has 0 bridgehead atoms.